The largest absolute Gasteiger partial charge is 0.494 e. The molecule has 0 heterocycles. The standard InChI is InChI=1S/C16H14F2N2O/c17-13-4-7-15(18)16(10-13)20-8-1-9-21-14-5-2-12(11-19)3-6-14/h2-7,10,20H,1,8-9H2. The van der Waals surface area contributed by atoms with Gasteiger partial charge in [-0.3, -0.25) is 0 Å². The highest BCUT2D eigenvalue weighted by molar-refractivity contribution is 5.44. The lowest BCUT2D eigenvalue weighted by Gasteiger charge is -2.09. The number of hydrogen-bond acceptors (Lipinski definition) is 3. The fourth-order valence-electron chi connectivity index (χ4n) is 1.74. The summed E-state index contributed by atoms with van der Waals surface area (Å²) in [6.45, 7) is 0.909. The molecule has 3 nitrogen and oxygen atoms in total. The number of nitriles is 1. The highest BCUT2D eigenvalue weighted by Crippen LogP contribution is 2.15. The van der Waals surface area contributed by atoms with Gasteiger partial charge in [0.25, 0.3) is 0 Å². The van der Waals surface area contributed by atoms with Crippen LogP contribution in [0.25, 0.3) is 0 Å². The molecule has 108 valence electrons. The molecule has 0 saturated carbocycles. The van der Waals surface area contributed by atoms with Crippen molar-refractivity contribution in [2.45, 2.75) is 6.42 Å². The summed E-state index contributed by atoms with van der Waals surface area (Å²) < 4.78 is 31.8. The smallest absolute Gasteiger partial charge is 0.146 e. The van der Waals surface area contributed by atoms with Crippen molar-refractivity contribution in [1.82, 2.24) is 0 Å². The molecule has 2 rings (SSSR count). The number of anilines is 1. The van der Waals surface area contributed by atoms with Gasteiger partial charge in [-0.15, -0.1) is 0 Å². The number of halogens is 2. The van der Waals surface area contributed by atoms with Crippen LogP contribution in [0, 0.1) is 23.0 Å². The molecule has 0 unspecified atom stereocenters. The molecule has 0 aliphatic rings. The molecular formula is C16H14F2N2O. The van der Waals surface area contributed by atoms with E-state index in [0.29, 0.717) is 30.9 Å². The van der Waals surface area contributed by atoms with E-state index in [1.165, 1.54) is 0 Å². The summed E-state index contributed by atoms with van der Waals surface area (Å²) in [6.07, 6.45) is 0.635. The molecule has 5 heteroatoms. The van der Waals surface area contributed by atoms with Crippen LogP contribution in [0.5, 0.6) is 5.75 Å². The van der Waals surface area contributed by atoms with Crippen LogP contribution in [0.2, 0.25) is 0 Å². The van der Waals surface area contributed by atoms with Crippen LogP contribution in [0.1, 0.15) is 12.0 Å². The normalized spacial score (nSPS) is 9.95. The van der Waals surface area contributed by atoms with E-state index in [2.05, 4.69) is 5.32 Å². The van der Waals surface area contributed by atoms with Crippen molar-refractivity contribution in [2.75, 3.05) is 18.5 Å². The summed E-state index contributed by atoms with van der Waals surface area (Å²) in [5.74, 6) is -0.289. The zero-order valence-electron chi connectivity index (χ0n) is 11.3. The van der Waals surface area contributed by atoms with Crippen molar-refractivity contribution in [1.29, 1.82) is 5.26 Å². The third kappa shape index (κ3) is 4.46. The van der Waals surface area contributed by atoms with Crippen molar-refractivity contribution in [3.63, 3.8) is 0 Å². The lowest BCUT2D eigenvalue weighted by Crippen LogP contribution is -2.08. The van der Waals surface area contributed by atoms with E-state index < -0.39 is 11.6 Å². The molecule has 0 radical (unpaired) electrons. The number of benzene rings is 2. The van der Waals surface area contributed by atoms with Crippen LogP contribution >= 0.6 is 0 Å². The monoisotopic (exact) mass is 288 g/mol. The van der Waals surface area contributed by atoms with Crippen molar-refractivity contribution in [2.24, 2.45) is 0 Å². The molecule has 0 saturated heterocycles. The van der Waals surface area contributed by atoms with Gasteiger partial charge in [0.05, 0.1) is 23.9 Å². The molecule has 2 aromatic carbocycles. The van der Waals surface area contributed by atoms with Gasteiger partial charge < -0.3 is 10.1 Å². The highest BCUT2D eigenvalue weighted by Gasteiger charge is 2.02. The minimum Gasteiger partial charge on any atom is -0.494 e. The van der Waals surface area contributed by atoms with Gasteiger partial charge in [-0.25, -0.2) is 8.78 Å². The van der Waals surface area contributed by atoms with Crippen LogP contribution in [0.15, 0.2) is 42.5 Å². The zero-order chi connectivity index (χ0) is 15.1. The Morgan fingerprint density at radius 2 is 1.86 bits per heavy atom. The average molecular weight is 288 g/mol. The number of hydrogen-bond donors (Lipinski definition) is 1. The molecular weight excluding hydrogens is 274 g/mol. The van der Waals surface area contributed by atoms with Gasteiger partial charge in [-0.05, 0) is 48.9 Å². The molecule has 0 aromatic heterocycles. The lowest BCUT2D eigenvalue weighted by molar-refractivity contribution is 0.315. The van der Waals surface area contributed by atoms with E-state index in [4.69, 9.17) is 10.00 Å². The second kappa shape index (κ2) is 7.25. The van der Waals surface area contributed by atoms with Gasteiger partial charge in [0.15, 0.2) is 0 Å². The van der Waals surface area contributed by atoms with Gasteiger partial charge in [0.2, 0.25) is 0 Å². The third-order valence-corrected chi connectivity index (χ3v) is 2.82. The Morgan fingerprint density at radius 3 is 2.57 bits per heavy atom. The van der Waals surface area contributed by atoms with Gasteiger partial charge in [0.1, 0.15) is 17.4 Å². The van der Waals surface area contributed by atoms with Crippen LogP contribution in [-0.4, -0.2) is 13.2 Å². The topological polar surface area (TPSA) is 45.0 Å². The van der Waals surface area contributed by atoms with Crippen LogP contribution in [0.4, 0.5) is 14.5 Å². The van der Waals surface area contributed by atoms with E-state index in [9.17, 15) is 8.78 Å². The number of rotatable bonds is 6. The zero-order valence-corrected chi connectivity index (χ0v) is 11.3. The molecule has 0 atom stereocenters. The van der Waals surface area contributed by atoms with Crippen molar-refractivity contribution >= 4 is 5.69 Å². The summed E-state index contributed by atoms with van der Waals surface area (Å²) in [6, 6.07) is 12.1. The van der Waals surface area contributed by atoms with E-state index in [-0.39, 0.29) is 5.69 Å². The maximum absolute atomic E-state index is 13.3. The van der Waals surface area contributed by atoms with Crippen LogP contribution in [-0.2, 0) is 0 Å². The quantitative estimate of drug-likeness (QED) is 0.824. The lowest BCUT2D eigenvalue weighted by atomic mass is 10.2. The molecule has 0 amide bonds. The van der Waals surface area contributed by atoms with Crippen LogP contribution in [0.3, 0.4) is 0 Å². The first-order chi connectivity index (χ1) is 10.2. The molecule has 0 aliphatic heterocycles. The number of nitrogens with one attached hydrogen (secondary N) is 1. The van der Waals surface area contributed by atoms with E-state index >= 15 is 0 Å². The summed E-state index contributed by atoms with van der Waals surface area (Å²) in [7, 11) is 0. The predicted octanol–water partition coefficient (Wildman–Crippen LogP) is 3.72. The second-order valence-electron chi connectivity index (χ2n) is 4.39. The van der Waals surface area contributed by atoms with Gasteiger partial charge in [0, 0.05) is 6.54 Å². The molecule has 0 fully saturated rings. The average Bonchev–Trinajstić information content (AvgIpc) is 2.51. The summed E-state index contributed by atoms with van der Waals surface area (Å²) in [5.41, 5.74) is 0.721. The Bertz CT molecular complexity index is 636. The summed E-state index contributed by atoms with van der Waals surface area (Å²) >= 11 is 0. The number of nitrogens with zero attached hydrogens (tertiary/aromatic N) is 1. The fourth-order valence-corrected chi connectivity index (χ4v) is 1.74. The Balaban J connectivity index is 1.72. The Labute approximate surface area is 121 Å². The molecule has 21 heavy (non-hydrogen) atoms. The fraction of sp³-hybridized carbons (Fsp3) is 0.188. The SMILES string of the molecule is N#Cc1ccc(OCCCNc2cc(F)ccc2F)cc1. The van der Waals surface area contributed by atoms with Gasteiger partial charge in [-0.1, -0.05) is 0 Å². The molecule has 0 spiro atoms. The Morgan fingerprint density at radius 1 is 1.10 bits per heavy atom. The highest BCUT2D eigenvalue weighted by atomic mass is 19.1. The first-order valence-electron chi connectivity index (χ1n) is 6.51. The van der Waals surface area contributed by atoms with E-state index in [1.54, 1.807) is 24.3 Å². The van der Waals surface area contributed by atoms with Gasteiger partial charge in [-0.2, -0.15) is 5.26 Å². The molecule has 2 aromatic rings. The minimum atomic E-state index is -0.482. The van der Waals surface area contributed by atoms with Crippen molar-refractivity contribution in [3.8, 4) is 11.8 Å². The molecule has 0 aliphatic carbocycles. The second-order valence-corrected chi connectivity index (χ2v) is 4.39. The Hall–Kier alpha value is -2.61. The third-order valence-electron chi connectivity index (χ3n) is 2.82. The summed E-state index contributed by atoms with van der Waals surface area (Å²) in [4.78, 5) is 0. The number of ether oxygens (including phenoxy) is 1. The van der Waals surface area contributed by atoms with Crippen molar-refractivity contribution < 1.29 is 13.5 Å². The summed E-state index contributed by atoms with van der Waals surface area (Å²) in [5, 5.41) is 11.5. The predicted molar refractivity (Wildman–Crippen MR) is 76.1 cm³/mol. The minimum absolute atomic E-state index is 0.147. The van der Waals surface area contributed by atoms with Crippen molar-refractivity contribution in [3.05, 3.63) is 59.7 Å². The Kier molecular flexibility index (Phi) is 5.10. The van der Waals surface area contributed by atoms with Crippen LogP contribution < -0.4 is 10.1 Å². The van der Waals surface area contributed by atoms with E-state index in [1.807, 2.05) is 6.07 Å². The van der Waals surface area contributed by atoms with Gasteiger partial charge >= 0.3 is 0 Å². The first-order valence-corrected chi connectivity index (χ1v) is 6.51. The maximum atomic E-state index is 13.3. The first kappa shape index (κ1) is 14.8. The maximum Gasteiger partial charge on any atom is 0.146 e. The molecule has 0 bridgehead atoms. The van der Waals surface area contributed by atoms with E-state index in [0.717, 1.165) is 18.2 Å². The molecule has 1 N–H and O–H groups in total.